The molecule has 0 aromatic rings. The number of ketones is 1. The van der Waals surface area contributed by atoms with Crippen molar-refractivity contribution >= 4 is 5.78 Å². The topological polar surface area (TPSA) is 17.1 Å². The predicted molar refractivity (Wildman–Crippen MR) is 60.2 cm³/mol. The molecule has 0 heterocycles. The van der Waals surface area contributed by atoms with Crippen molar-refractivity contribution in [3.05, 3.63) is 23.8 Å². The van der Waals surface area contributed by atoms with Crippen LogP contribution in [0.4, 0.5) is 0 Å². The molecule has 0 aromatic carbocycles. The van der Waals surface area contributed by atoms with Gasteiger partial charge in [-0.25, -0.2) is 0 Å². The van der Waals surface area contributed by atoms with E-state index < -0.39 is 0 Å². The van der Waals surface area contributed by atoms with Gasteiger partial charge < -0.3 is 0 Å². The van der Waals surface area contributed by atoms with E-state index in [0.717, 1.165) is 6.42 Å². The summed E-state index contributed by atoms with van der Waals surface area (Å²) in [5.74, 6) is 0.212. The summed E-state index contributed by atoms with van der Waals surface area (Å²) in [6.07, 6.45) is 10.8. The van der Waals surface area contributed by atoms with Crippen molar-refractivity contribution in [2.24, 2.45) is 5.41 Å². The zero-order valence-electron chi connectivity index (χ0n) is 9.47. The van der Waals surface area contributed by atoms with Crippen LogP contribution < -0.4 is 0 Å². The molecular weight excluding hydrogens is 172 g/mol. The summed E-state index contributed by atoms with van der Waals surface area (Å²) >= 11 is 0. The fraction of sp³-hybridized carbons (Fsp3) is 0.615. The van der Waals surface area contributed by atoms with Gasteiger partial charge in [-0.3, -0.25) is 4.79 Å². The standard InChI is InChI=1S/C13H20O/c1-13(2,3)12(14)10-9-11-7-5-4-6-8-11/h7,9-10H,4-6,8H2,1-3H3/b10-9+. The fourth-order valence-electron chi connectivity index (χ4n) is 1.45. The van der Waals surface area contributed by atoms with Gasteiger partial charge in [-0.05, 0) is 31.8 Å². The van der Waals surface area contributed by atoms with Gasteiger partial charge in [0.2, 0.25) is 0 Å². The van der Waals surface area contributed by atoms with Gasteiger partial charge in [0.1, 0.15) is 0 Å². The van der Waals surface area contributed by atoms with Gasteiger partial charge in [0.05, 0.1) is 0 Å². The van der Waals surface area contributed by atoms with E-state index in [1.165, 1.54) is 24.8 Å². The number of rotatable bonds is 2. The Morgan fingerprint density at radius 3 is 2.57 bits per heavy atom. The minimum Gasteiger partial charge on any atom is -0.294 e. The van der Waals surface area contributed by atoms with Gasteiger partial charge in [-0.15, -0.1) is 0 Å². The van der Waals surface area contributed by atoms with Crippen LogP contribution >= 0.6 is 0 Å². The van der Waals surface area contributed by atoms with Crippen molar-refractivity contribution in [3.63, 3.8) is 0 Å². The van der Waals surface area contributed by atoms with E-state index in [2.05, 4.69) is 6.08 Å². The maximum Gasteiger partial charge on any atom is 0.160 e. The van der Waals surface area contributed by atoms with Crippen LogP contribution in [-0.4, -0.2) is 5.78 Å². The zero-order valence-corrected chi connectivity index (χ0v) is 9.47. The van der Waals surface area contributed by atoms with Gasteiger partial charge in [-0.1, -0.05) is 38.5 Å². The van der Waals surface area contributed by atoms with E-state index in [9.17, 15) is 4.79 Å². The lowest BCUT2D eigenvalue weighted by Crippen LogP contribution is -2.17. The highest BCUT2D eigenvalue weighted by atomic mass is 16.1. The van der Waals surface area contributed by atoms with Crippen LogP contribution in [-0.2, 0) is 4.79 Å². The van der Waals surface area contributed by atoms with E-state index in [4.69, 9.17) is 0 Å². The second kappa shape index (κ2) is 4.59. The molecule has 0 atom stereocenters. The Balaban J connectivity index is 2.55. The summed E-state index contributed by atoms with van der Waals surface area (Å²) in [7, 11) is 0. The van der Waals surface area contributed by atoms with Crippen LogP contribution in [0.3, 0.4) is 0 Å². The molecule has 0 amide bonds. The second-order valence-electron chi connectivity index (χ2n) is 4.97. The first-order valence-electron chi connectivity index (χ1n) is 5.42. The summed E-state index contributed by atoms with van der Waals surface area (Å²) in [6.45, 7) is 5.86. The van der Waals surface area contributed by atoms with Crippen LogP contribution in [0.1, 0.15) is 46.5 Å². The summed E-state index contributed by atoms with van der Waals surface area (Å²) < 4.78 is 0. The average molecular weight is 192 g/mol. The van der Waals surface area contributed by atoms with Gasteiger partial charge in [0.15, 0.2) is 5.78 Å². The van der Waals surface area contributed by atoms with E-state index >= 15 is 0 Å². The number of hydrogen-bond donors (Lipinski definition) is 0. The molecule has 0 saturated heterocycles. The minimum absolute atomic E-state index is 0.212. The zero-order chi connectivity index (χ0) is 10.6. The number of allylic oxidation sites excluding steroid dienone is 4. The summed E-state index contributed by atoms with van der Waals surface area (Å²) in [5.41, 5.74) is 1.08. The van der Waals surface area contributed by atoms with Crippen molar-refractivity contribution in [1.82, 2.24) is 0 Å². The fourth-order valence-corrected chi connectivity index (χ4v) is 1.45. The molecule has 1 heteroatoms. The van der Waals surface area contributed by atoms with Crippen LogP contribution in [0.2, 0.25) is 0 Å². The molecule has 1 nitrogen and oxygen atoms in total. The van der Waals surface area contributed by atoms with Crippen molar-refractivity contribution in [1.29, 1.82) is 0 Å². The van der Waals surface area contributed by atoms with Crippen molar-refractivity contribution in [3.8, 4) is 0 Å². The van der Waals surface area contributed by atoms with E-state index in [0.29, 0.717) is 0 Å². The lowest BCUT2D eigenvalue weighted by Gasteiger charge is -2.13. The van der Waals surface area contributed by atoms with Gasteiger partial charge >= 0.3 is 0 Å². The largest absolute Gasteiger partial charge is 0.294 e. The third kappa shape index (κ3) is 3.49. The van der Waals surface area contributed by atoms with Crippen LogP contribution in [0.5, 0.6) is 0 Å². The highest BCUT2D eigenvalue weighted by molar-refractivity contribution is 5.94. The van der Waals surface area contributed by atoms with Gasteiger partial charge in [-0.2, -0.15) is 0 Å². The Hall–Kier alpha value is -0.850. The second-order valence-corrected chi connectivity index (χ2v) is 4.97. The number of carbonyl (C=O) groups is 1. The highest BCUT2D eigenvalue weighted by Gasteiger charge is 2.17. The van der Waals surface area contributed by atoms with E-state index in [1.807, 2.05) is 26.8 Å². The summed E-state index contributed by atoms with van der Waals surface area (Å²) in [4.78, 5) is 11.6. The normalized spacial score (nSPS) is 18.4. The van der Waals surface area contributed by atoms with Crippen molar-refractivity contribution in [2.45, 2.75) is 46.5 Å². The van der Waals surface area contributed by atoms with Crippen molar-refractivity contribution in [2.75, 3.05) is 0 Å². The van der Waals surface area contributed by atoms with E-state index in [-0.39, 0.29) is 11.2 Å². The SMILES string of the molecule is CC(C)(C)C(=O)/C=C/C1=CCCCC1. The third-order valence-electron chi connectivity index (χ3n) is 2.51. The molecule has 0 spiro atoms. The maximum absolute atomic E-state index is 11.6. The molecular formula is C13H20O. The lowest BCUT2D eigenvalue weighted by molar-refractivity contribution is -0.121. The molecule has 0 bridgehead atoms. The molecule has 0 saturated carbocycles. The number of carbonyl (C=O) groups excluding carboxylic acids is 1. The summed E-state index contributed by atoms with van der Waals surface area (Å²) in [5, 5.41) is 0. The first-order valence-corrected chi connectivity index (χ1v) is 5.42. The van der Waals surface area contributed by atoms with Crippen LogP contribution in [0.15, 0.2) is 23.8 Å². The van der Waals surface area contributed by atoms with Crippen molar-refractivity contribution < 1.29 is 4.79 Å². The molecule has 14 heavy (non-hydrogen) atoms. The predicted octanol–water partition coefficient (Wildman–Crippen LogP) is 3.66. The van der Waals surface area contributed by atoms with Gasteiger partial charge in [0, 0.05) is 5.41 Å². The highest BCUT2D eigenvalue weighted by Crippen LogP contribution is 2.20. The third-order valence-corrected chi connectivity index (χ3v) is 2.51. The first kappa shape index (κ1) is 11.2. The Labute approximate surface area is 86.9 Å². The Morgan fingerprint density at radius 1 is 1.36 bits per heavy atom. The summed E-state index contributed by atoms with van der Waals surface area (Å²) in [6, 6.07) is 0. The molecule has 1 aliphatic rings. The first-order chi connectivity index (χ1) is 6.50. The minimum atomic E-state index is -0.244. The van der Waals surface area contributed by atoms with Gasteiger partial charge in [0.25, 0.3) is 0 Å². The lowest BCUT2D eigenvalue weighted by atomic mass is 9.89. The molecule has 1 rings (SSSR count). The number of hydrogen-bond acceptors (Lipinski definition) is 1. The Morgan fingerprint density at radius 2 is 2.07 bits per heavy atom. The monoisotopic (exact) mass is 192 g/mol. The maximum atomic E-state index is 11.6. The Bertz CT molecular complexity index is 263. The quantitative estimate of drug-likeness (QED) is 0.610. The molecule has 0 aromatic heterocycles. The molecule has 1 aliphatic carbocycles. The smallest absolute Gasteiger partial charge is 0.160 e. The molecule has 78 valence electrons. The van der Waals surface area contributed by atoms with Crippen LogP contribution in [0.25, 0.3) is 0 Å². The Kier molecular flexibility index (Phi) is 3.68. The molecule has 0 aliphatic heterocycles. The average Bonchev–Trinajstić information content (AvgIpc) is 2.14. The van der Waals surface area contributed by atoms with E-state index in [1.54, 1.807) is 6.08 Å². The molecule has 0 radical (unpaired) electrons. The molecule has 0 fully saturated rings. The molecule has 0 unspecified atom stereocenters. The molecule has 0 N–H and O–H groups in total. The van der Waals surface area contributed by atoms with Crippen LogP contribution in [0, 0.1) is 5.41 Å².